The van der Waals surface area contributed by atoms with Gasteiger partial charge in [0.05, 0.1) is 0 Å². The third-order valence-corrected chi connectivity index (χ3v) is 7.98. The Bertz CT molecular complexity index is 883. The molecule has 2 aliphatic rings. The average Bonchev–Trinajstić information content (AvgIpc) is 2.98. The predicted molar refractivity (Wildman–Crippen MR) is 159 cm³/mol. The van der Waals surface area contributed by atoms with Gasteiger partial charge in [0.1, 0.15) is 5.75 Å². The third-order valence-electron chi connectivity index (χ3n) is 7.98. The zero-order valence-corrected chi connectivity index (χ0v) is 25.2. The van der Waals surface area contributed by atoms with Crippen LogP contribution in [-0.2, 0) is 9.47 Å². The Morgan fingerprint density at radius 2 is 1.24 bits per heavy atom. The Kier molecular flexibility index (Phi) is 14.7. The maximum Gasteiger partial charge on any atom is 0.421 e. The standard InChI is InChI=1S/C32H51N3O6/c1-3-5-7-12-23-33-30(36)40-28-17-14-18-29(41-31(37)34-24-13-8-6-4-2)35(28)32(38)39-27-21-19-26(20-22-27)25-15-10-9-11-16-25/h19-22,25,28-29H,3-18,23-24H2,1-2H3,(H,33,36)(H,34,37). The van der Waals surface area contributed by atoms with Gasteiger partial charge in [-0.25, -0.2) is 19.3 Å². The molecule has 1 aromatic rings. The van der Waals surface area contributed by atoms with E-state index in [0.29, 0.717) is 44.0 Å². The van der Waals surface area contributed by atoms with Crippen molar-refractivity contribution in [3.63, 3.8) is 0 Å². The van der Waals surface area contributed by atoms with Gasteiger partial charge in [-0.05, 0) is 55.7 Å². The number of rotatable bonds is 14. The molecular weight excluding hydrogens is 522 g/mol. The molecule has 2 atom stereocenters. The van der Waals surface area contributed by atoms with Crippen LogP contribution in [0, 0.1) is 0 Å². The van der Waals surface area contributed by atoms with Gasteiger partial charge in [0.15, 0.2) is 12.5 Å². The summed E-state index contributed by atoms with van der Waals surface area (Å²) < 4.78 is 17.1. The lowest BCUT2D eigenvalue weighted by Crippen LogP contribution is -2.55. The predicted octanol–water partition coefficient (Wildman–Crippen LogP) is 7.98. The molecular formula is C32H51N3O6. The quantitative estimate of drug-likeness (QED) is 0.219. The highest BCUT2D eigenvalue weighted by Crippen LogP contribution is 2.33. The first-order valence-electron chi connectivity index (χ1n) is 16.0. The molecule has 1 aliphatic carbocycles. The maximum absolute atomic E-state index is 13.5. The topological polar surface area (TPSA) is 106 Å². The van der Waals surface area contributed by atoms with Crippen LogP contribution in [0.25, 0.3) is 0 Å². The molecule has 3 rings (SSSR count). The lowest BCUT2D eigenvalue weighted by molar-refractivity contribution is -0.113. The van der Waals surface area contributed by atoms with E-state index in [0.717, 1.165) is 51.4 Å². The van der Waals surface area contributed by atoms with Crippen LogP contribution in [-0.4, -0.2) is 48.7 Å². The molecule has 230 valence electrons. The molecule has 9 heteroatoms. The second kappa shape index (κ2) is 18.5. The number of alkyl carbamates (subject to hydrolysis) is 2. The Morgan fingerprint density at radius 3 is 1.76 bits per heavy atom. The van der Waals surface area contributed by atoms with Crippen LogP contribution in [0.2, 0.25) is 0 Å². The summed E-state index contributed by atoms with van der Waals surface area (Å²) in [5, 5.41) is 5.55. The van der Waals surface area contributed by atoms with Gasteiger partial charge in [0, 0.05) is 25.9 Å². The maximum atomic E-state index is 13.5. The average molecular weight is 574 g/mol. The number of carbonyl (C=O) groups excluding carboxylic acids is 3. The summed E-state index contributed by atoms with van der Waals surface area (Å²) in [4.78, 5) is 39.9. The van der Waals surface area contributed by atoms with Crippen molar-refractivity contribution < 1.29 is 28.6 Å². The highest BCUT2D eigenvalue weighted by atomic mass is 16.6. The van der Waals surface area contributed by atoms with Crippen molar-refractivity contribution in [1.29, 1.82) is 0 Å². The highest BCUT2D eigenvalue weighted by molar-refractivity contribution is 5.73. The van der Waals surface area contributed by atoms with Gasteiger partial charge in [0.2, 0.25) is 0 Å². The minimum Gasteiger partial charge on any atom is -0.425 e. The molecule has 41 heavy (non-hydrogen) atoms. The van der Waals surface area contributed by atoms with Gasteiger partial charge in [-0.3, -0.25) is 0 Å². The summed E-state index contributed by atoms with van der Waals surface area (Å²) in [5.74, 6) is 0.950. The number of nitrogens with one attached hydrogen (secondary N) is 2. The second-order valence-corrected chi connectivity index (χ2v) is 11.3. The SMILES string of the molecule is CCCCCCNC(=O)OC1CCCC(OC(=O)NCCCCCC)N1C(=O)Oc1ccc(C2CCCCC2)cc1. The van der Waals surface area contributed by atoms with Crippen molar-refractivity contribution in [2.45, 2.75) is 135 Å². The molecule has 9 nitrogen and oxygen atoms in total. The Labute approximate surface area is 246 Å². The minimum atomic E-state index is -0.907. The fourth-order valence-electron chi connectivity index (χ4n) is 5.61. The highest BCUT2D eigenvalue weighted by Gasteiger charge is 2.40. The van der Waals surface area contributed by atoms with E-state index < -0.39 is 30.7 Å². The van der Waals surface area contributed by atoms with Crippen molar-refractivity contribution in [1.82, 2.24) is 15.5 Å². The summed E-state index contributed by atoms with van der Waals surface area (Å²) in [6, 6.07) is 7.66. The zero-order valence-electron chi connectivity index (χ0n) is 25.2. The summed E-state index contributed by atoms with van der Waals surface area (Å²) >= 11 is 0. The van der Waals surface area contributed by atoms with Gasteiger partial charge in [-0.2, -0.15) is 0 Å². The number of benzene rings is 1. The van der Waals surface area contributed by atoms with E-state index in [2.05, 4.69) is 24.5 Å². The molecule has 2 fully saturated rings. The molecule has 0 spiro atoms. The molecule has 0 aromatic heterocycles. The number of carbonyl (C=O) groups is 3. The van der Waals surface area contributed by atoms with Gasteiger partial charge in [-0.15, -0.1) is 0 Å². The molecule has 0 radical (unpaired) electrons. The molecule has 3 amide bonds. The van der Waals surface area contributed by atoms with Gasteiger partial charge in [-0.1, -0.05) is 83.8 Å². The van der Waals surface area contributed by atoms with Crippen LogP contribution in [0.1, 0.15) is 128 Å². The lowest BCUT2D eigenvalue weighted by atomic mass is 9.84. The van der Waals surface area contributed by atoms with Gasteiger partial charge >= 0.3 is 18.3 Å². The van der Waals surface area contributed by atoms with Crippen molar-refractivity contribution in [3.8, 4) is 5.75 Å². The Morgan fingerprint density at radius 1 is 0.707 bits per heavy atom. The van der Waals surface area contributed by atoms with Crippen molar-refractivity contribution in [2.24, 2.45) is 0 Å². The van der Waals surface area contributed by atoms with Crippen LogP contribution in [0.4, 0.5) is 14.4 Å². The van der Waals surface area contributed by atoms with E-state index in [1.807, 2.05) is 24.3 Å². The summed E-state index contributed by atoms with van der Waals surface area (Å²) in [6.07, 6.45) is 12.2. The molecule has 0 bridgehead atoms. The molecule has 2 unspecified atom stereocenters. The van der Waals surface area contributed by atoms with Gasteiger partial charge in [0.25, 0.3) is 0 Å². The van der Waals surface area contributed by atoms with E-state index in [-0.39, 0.29) is 0 Å². The van der Waals surface area contributed by atoms with E-state index in [9.17, 15) is 14.4 Å². The van der Waals surface area contributed by atoms with E-state index in [1.54, 1.807) is 0 Å². The first kappa shape index (κ1) is 32.5. The molecule has 2 N–H and O–H groups in total. The van der Waals surface area contributed by atoms with Gasteiger partial charge < -0.3 is 24.8 Å². The minimum absolute atomic E-state index is 0.401. The number of likely N-dealkylation sites (tertiary alicyclic amines) is 1. The monoisotopic (exact) mass is 573 g/mol. The molecule has 1 saturated heterocycles. The van der Waals surface area contributed by atoms with Crippen LogP contribution in [0.15, 0.2) is 24.3 Å². The Balaban J connectivity index is 1.63. The first-order chi connectivity index (χ1) is 20.0. The number of nitrogens with zero attached hydrogens (tertiary/aromatic N) is 1. The van der Waals surface area contributed by atoms with Crippen molar-refractivity contribution >= 4 is 18.3 Å². The number of unbranched alkanes of at least 4 members (excludes halogenated alkanes) is 6. The number of ether oxygens (including phenoxy) is 3. The van der Waals surface area contributed by atoms with Crippen molar-refractivity contribution in [2.75, 3.05) is 13.1 Å². The molecule has 1 aliphatic heterocycles. The fourth-order valence-corrected chi connectivity index (χ4v) is 5.61. The lowest BCUT2D eigenvalue weighted by Gasteiger charge is -2.39. The van der Waals surface area contributed by atoms with E-state index >= 15 is 0 Å². The molecule has 1 saturated carbocycles. The van der Waals surface area contributed by atoms with Crippen LogP contribution in [0.5, 0.6) is 5.75 Å². The number of hydrogen-bond acceptors (Lipinski definition) is 6. The normalized spacial score (nSPS) is 19.3. The van der Waals surface area contributed by atoms with Crippen LogP contribution < -0.4 is 15.4 Å². The second-order valence-electron chi connectivity index (χ2n) is 11.3. The number of piperidine rings is 1. The van der Waals surface area contributed by atoms with Crippen LogP contribution >= 0.6 is 0 Å². The van der Waals surface area contributed by atoms with Crippen molar-refractivity contribution in [3.05, 3.63) is 29.8 Å². The summed E-state index contributed by atoms with van der Waals surface area (Å²) in [6.45, 7) is 5.27. The third kappa shape index (κ3) is 11.4. The summed E-state index contributed by atoms with van der Waals surface area (Å²) in [5.41, 5.74) is 1.26. The number of amides is 3. The number of hydrogen-bond donors (Lipinski definition) is 2. The van der Waals surface area contributed by atoms with E-state index in [1.165, 1.54) is 42.6 Å². The molecule has 1 aromatic carbocycles. The molecule has 1 heterocycles. The largest absolute Gasteiger partial charge is 0.425 e. The first-order valence-corrected chi connectivity index (χ1v) is 16.0. The van der Waals surface area contributed by atoms with E-state index in [4.69, 9.17) is 14.2 Å². The summed E-state index contributed by atoms with van der Waals surface area (Å²) in [7, 11) is 0. The van der Waals surface area contributed by atoms with Crippen LogP contribution in [0.3, 0.4) is 0 Å². The Hall–Kier alpha value is -2.97. The fraction of sp³-hybridized carbons (Fsp3) is 0.719. The smallest absolute Gasteiger partial charge is 0.421 e. The zero-order chi connectivity index (χ0) is 29.3.